The first-order valence-electron chi connectivity index (χ1n) is 7.16. The molecule has 0 radical (unpaired) electrons. The molecule has 0 saturated carbocycles. The fourth-order valence-corrected chi connectivity index (χ4v) is 2.70. The average Bonchev–Trinajstić information content (AvgIpc) is 2.69. The van der Waals surface area contributed by atoms with Gasteiger partial charge in [-0.3, -0.25) is 0 Å². The Morgan fingerprint density at radius 2 is 2.19 bits per heavy atom. The number of ether oxygens (including phenoxy) is 3. The van der Waals surface area contributed by atoms with Crippen molar-refractivity contribution in [2.45, 2.75) is 13.3 Å². The third-order valence-corrected chi connectivity index (χ3v) is 3.71. The van der Waals surface area contributed by atoms with Crippen LogP contribution in [0, 0.1) is 0 Å². The molecule has 0 unspecified atom stereocenters. The summed E-state index contributed by atoms with van der Waals surface area (Å²) < 4.78 is 17.4. The molecule has 1 N–H and O–H groups in total. The highest BCUT2D eigenvalue weighted by Gasteiger charge is 2.14. The summed E-state index contributed by atoms with van der Waals surface area (Å²) in [5.41, 5.74) is 2.37. The molecule has 0 atom stereocenters. The monoisotopic (exact) mass is 355 g/mol. The molecule has 1 aliphatic rings. The van der Waals surface area contributed by atoms with Crippen LogP contribution >= 0.6 is 15.9 Å². The van der Waals surface area contributed by atoms with E-state index in [9.17, 15) is 0 Å². The summed E-state index contributed by atoms with van der Waals surface area (Å²) in [6, 6.07) is 4.09. The van der Waals surface area contributed by atoms with E-state index < -0.39 is 0 Å². The molecule has 5 heteroatoms. The predicted octanol–water partition coefficient (Wildman–Crippen LogP) is 3.25. The number of methoxy groups -OCH3 is 1. The Hall–Kier alpha value is -1.04. The van der Waals surface area contributed by atoms with Crippen LogP contribution in [0.4, 0.5) is 0 Å². The van der Waals surface area contributed by atoms with Crippen LogP contribution in [-0.4, -0.2) is 40.0 Å². The van der Waals surface area contributed by atoms with E-state index in [1.165, 1.54) is 5.57 Å². The first-order chi connectivity index (χ1) is 10.2. The molecule has 2 rings (SSSR count). The van der Waals surface area contributed by atoms with Gasteiger partial charge in [-0.1, -0.05) is 11.6 Å². The maximum atomic E-state index is 5.75. The van der Waals surface area contributed by atoms with Crippen LogP contribution in [0.15, 0.2) is 22.2 Å². The summed E-state index contributed by atoms with van der Waals surface area (Å²) in [4.78, 5) is 0. The molecule has 1 aliphatic heterocycles. The van der Waals surface area contributed by atoms with Gasteiger partial charge in [-0.15, -0.1) is 0 Å². The van der Waals surface area contributed by atoms with Gasteiger partial charge < -0.3 is 19.5 Å². The maximum Gasteiger partial charge on any atom is 0.175 e. The molecule has 1 aromatic rings. The Morgan fingerprint density at radius 3 is 3.00 bits per heavy atom. The minimum absolute atomic E-state index is 0.698. The van der Waals surface area contributed by atoms with E-state index in [1.54, 1.807) is 7.11 Å². The number of fused-ring (bicyclic) bond motifs is 1. The standard InChI is InChI=1S/C16H22BrNO3/c1-12(11-18-4-7-19-2)8-13-9-14(17)16-15(10-13)20-5-3-6-21-16/h8-10,18H,3-7,11H2,1-2H3. The summed E-state index contributed by atoms with van der Waals surface area (Å²) in [7, 11) is 1.71. The fourth-order valence-electron chi connectivity index (χ4n) is 2.13. The molecule has 0 amide bonds. The fraction of sp³-hybridized carbons (Fsp3) is 0.500. The van der Waals surface area contributed by atoms with Gasteiger partial charge in [-0.25, -0.2) is 0 Å². The van der Waals surface area contributed by atoms with Crippen molar-refractivity contribution in [1.29, 1.82) is 0 Å². The second-order valence-corrected chi connectivity index (χ2v) is 5.90. The van der Waals surface area contributed by atoms with Gasteiger partial charge in [0.1, 0.15) is 0 Å². The highest BCUT2D eigenvalue weighted by Crippen LogP contribution is 2.38. The molecular weight excluding hydrogens is 334 g/mol. The van der Waals surface area contributed by atoms with E-state index in [2.05, 4.69) is 40.3 Å². The average molecular weight is 356 g/mol. The van der Waals surface area contributed by atoms with Crippen molar-refractivity contribution in [3.8, 4) is 11.5 Å². The van der Waals surface area contributed by atoms with Gasteiger partial charge in [0.25, 0.3) is 0 Å². The van der Waals surface area contributed by atoms with Crippen molar-refractivity contribution in [2.24, 2.45) is 0 Å². The number of hydrogen-bond acceptors (Lipinski definition) is 4. The summed E-state index contributed by atoms with van der Waals surface area (Å²) in [5, 5.41) is 3.33. The van der Waals surface area contributed by atoms with E-state index in [0.717, 1.165) is 47.7 Å². The van der Waals surface area contributed by atoms with Gasteiger partial charge >= 0.3 is 0 Å². The minimum atomic E-state index is 0.698. The van der Waals surface area contributed by atoms with Gasteiger partial charge in [-0.2, -0.15) is 0 Å². The van der Waals surface area contributed by atoms with Gasteiger partial charge in [0.05, 0.1) is 24.3 Å². The highest BCUT2D eigenvalue weighted by atomic mass is 79.9. The third kappa shape index (κ3) is 5.02. The quantitative estimate of drug-likeness (QED) is 0.795. The van der Waals surface area contributed by atoms with Crippen molar-refractivity contribution in [3.05, 3.63) is 27.7 Å². The van der Waals surface area contributed by atoms with E-state index in [-0.39, 0.29) is 0 Å². The van der Waals surface area contributed by atoms with Crippen LogP contribution in [0.25, 0.3) is 6.08 Å². The Labute approximate surface area is 134 Å². The zero-order valence-electron chi connectivity index (χ0n) is 12.6. The van der Waals surface area contributed by atoms with Crippen molar-refractivity contribution >= 4 is 22.0 Å². The highest BCUT2D eigenvalue weighted by molar-refractivity contribution is 9.10. The van der Waals surface area contributed by atoms with Crippen LogP contribution in [0.3, 0.4) is 0 Å². The normalized spacial score (nSPS) is 14.9. The van der Waals surface area contributed by atoms with Gasteiger partial charge in [0.2, 0.25) is 0 Å². The Kier molecular flexibility index (Phi) is 6.54. The number of halogens is 1. The van der Waals surface area contributed by atoms with Gasteiger partial charge in [0.15, 0.2) is 11.5 Å². The number of rotatable bonds is 6. The molecule has 0 aliphatic carbocycles. The van der Waals surface area contributed by atoms with Crippen LogP contribution in [0.1, 0.15) is 18.9 Å². The largest absolute Gasteiger partial charge is 0.489 e. The maximum absolute atomic E-state index is 5.75. The van der Waals surface area contributed by atoms with Crippen LogP contribution in [-0.2, 0) is 4.74 Å². The lowest BCUT2D eigenvalue weighted by Crippen LogP contribution is -2.20. The molecular formula is C16H22BrNO3. The van der Waals surface area contributed by atoms with Gasteiger partial charge in [-0.05, 0) is 40.5 Å². The Bertz CT molecular complexity index is 503. The second kappa shape index (κ2) is 8.41. The number of hydrogen-bond donors (Lipinski definition) is 1. The van der Waals surface area contributed by atoms with E-state index >= 15 is 0 Å². The molecule has 1 aromatic carbocycles. The second-order valence-electron chi connectivity index (χ2n) is 5.04. The van der Waals surface area contributed by atoms with Crippen molar-refractivity contribution < 1.29 is 14.2 Å². The molecule has 1 heterocycles. The smallest absolute Gasteiger partial charge is 0.175 e. The molecule has 0 aromatic heterocycles. The molecule has 0 bridgehead atoms. The van der Waals surface area contributed by atoms with Crippen LogP contribution in [0.5, 0.6) is 11.5 Å². The molecule has 0 fully saturated rings. The molecule has 21 heavy (non-hydrogen) atoms. The first kappa shape index (κ1) is 16.3. The van der Waals surface area contributed by atoms with Crippen LogP contribution in [0.2, 0.25) is 0 Å². The molecule has 4 nitrogen and oxygen atoms in total. The lowest BCUT2D eigenvalue weighted by atomic mass is 10.1. The Balaban J connectivity index is 2.06. The van der Waals surface area contributed by atoms with Crippen molar-refractivity contribution in [1.82, 2.24) is 5.32 Å². The van der Waals surface area contributed by atoms with Crippen molar-refractivity contribution in [3.63, 3.8) is 0 Å². The molecule has 116 valence electrons. The van der Waals surface area contributed by atoms with E-state index in [4.69, 9.17) is 14.2 Å². The van der Waals surface area contributed by atoms with E-state index in [1.807, 2.05) is 6.07 Å². The summed E-state index contributed by atoms with van der Waals surface area (Å²) >= 11 is 3.56. The molecule has 0 spiro atoms. The molecule has 0 saturated heterocycles. The SMILES string of the molecule is COCCNCC(C)=Cc1cc(Br)c2c(c1)OCCCO2. The lowest BCUT2D eigenvalue weighted by molar-refractivity contribution is 0.200. The van der Waals surface area contributed by atoms with Crippen LogP contribution < -0.4 is 14.8 Å². The Morgan fingerprint density at radius 1 is 1.38 bits per heavy atom. The zero-order valence-corrected chi connectivity index (χ0v) is 14.2. The van der Waals surface area contributed by atoms with E-state index in [0.29, 0.717) is 13.2 Å². The predicted molar refractivity (Wildman–Crippen MR) is 88.1 cm³/mol. The number of nitrogens with one attached hydrogen (secondary N) is 1. The lowest BCUT2D eigenvalue weighted by Gasteiger charge is -2.11. The first-order valence-corrected chi connectivity index (χ1v) is 7.96. The third-order valence-electron chi connectivity index (χ3n) is 3.12. The summed E-state index contributed by atoms with van der Waals surface area (Å²) in [6.07, 6.45) is 3.06. The summed E-state index contributed by atoms with van der Waals surface area (Å²) in [6.45, 7) is 5.93. The van der Waals surface area contributed by atoms with Crippen molar-refractivity contribution in [2.75, 3.05) is 40.0 Å². The topological polar surface area (TPSA) is 39.7 Å². The zero-order chi connectivity index (χ0) is 15.1. The summed E-state index contributed by atoms with van der Waals surface area (Å²) in [5.74, 6) is 1.62. The minimum Gasteiger partial charge on any atom is -0.489 e. The number of benzene rings is 1. The van der Waals surface area contributed by atoms with Gasteiger partial charge in [0, 0.05) is 26.6 Å².